The topological polar surface area (TPSA) is 42.0 Å². The predicted octanol–water partition coefficient (Wildman–Crippen LogP) is 0.957. The molecule has 3 heteroatoms. The van der Waals surface area contributed by atoms with Gasteiger partial charge in [-0.05, 0) is 17.7 Å². The van der Waals surface area contributed by atoms with Crippen molar-refractivity contribution in [3.05, 3.63) is 29.8 Å². The highest BCUT2D eigenvalue weighted by molar-refractivity contribution is 5.26. The molecule has 1 saturated heterocycles. The van der Waals surface area contributed by atoms with Gasteiger partial charge in [-0.25, -0.2) is 0 Å². The molecule has 1 aliphatic rings. The molecule has 2 rings (SSSR count). The molecule has 13 heavy (non-hydrogen) atoms. The largest absolute Gasteiger partial charge is 0.491 e. The van der Waals surface area contributed by atoms with Crippen molar-refractivity contribution in [2.75, 3.05) is 13.2 Å². The molecule has 0 radical (unpaired) electrons. The van der Waals surface area contributed by atoms with Gasteiger partial charge in [0.15, 0.2) is 0 Å². The van der Waals surface area contributed by atoms with Crippen molar-refractivity contribution in [1.29, 1.82) is 0 Å². The first-order valence-electron chi connectivity index (χ1n) is 4.32. The monoisotopic (exact) mass is 180 g/mol. The fraction of sp³-hybridized carbons (Fsp3) is 0.400. The van der Waals surface area contributed by atoms with Crippen LogP contribution in [0.4, 0.5) is 0 Å². The van der Waals surface area contributed by atoms with Gasteiger partial charge in [0.05, 0.1) is 13.2 Å². The van der Waals surface area contributed by atoms with E-state index in [0.717, 1.165) is 17.9 Å². The van der Waals surface area contributed by atoms with Crippen molar-refractivity contribution < 1.29 is 14.6 Å². The highest BCUT2D eigenvalue weighted by Crippen LogP contribution is 2.15. The van der Waals surface area contributed by atoms with Crippen LogP contribution in [0.1, 0.15) is 5.56 Å². The van der Waals surface area contributed by atoms with Crippen molar-refractivity contribution in [3.63, 3.8) is 0 Å². The number of hydrogen-bond acceptors (Lipinski definition) is 3. The van der Waals surface area contributed by atoms with Crippen LogP contribution in [0.2, 0.25) is 0 Å². The first-order chi connectivity index (χ1) is 6.38. The Kier molecular flexibility index (Phi) is 2.47. The molecule has 1 heterocycles. The summed E-state index contributed by atoms with van der Waals surface area (Å²) in [5.41, 5.74) is 0.898. The van der Waals surface area contributed by atoms with E-state index in [1.807, 2.05) is 24.3 Å². The van der Waals surface area contributed by atoms with Crippen LogP contribution in [0, 0.1) is 0 Å². The summed E-state index contributed by atoms with van der Waals surface area (Å²) >= 11 is 0. The summed E-state index contributed by atoms with van der Waals surface area (Å²) in [5, 5.41) is 8.80. The Morgan fingerprint density at radius 1 is 1.38 bits per heavy atom. The minimum absolute atomic E-state index is 0.0754. The normalized spacial score (nSPS) is 19.9. The third-order valence-electron chi connectivity index (χ3n) is 1.94. The molecule has 0 spiro atoms. The molecule has 1 N–H and O–H groups in total. The van der Waals surface area contributed by atoms with Crippen molar-refractivity contribution in [2.45, 2.75) is 12.7 Å². The minimum atomic E-state index is 0.0754. The fourth-order valence-corrected chi connectivity index (χ4v) is 1.04. The lowest BCUT2D eigenvalue weighted by molar-refractivity contribution is 0.262. The van der Waals surface area contributed by atoms with Gasteiger partial charge in [-0.1, -0.05) is 12.1 Å². The van der Waals surface area contributed by atoms with E-state index in [1.54, 1.807) is 0 Å². The van der Waals surface area contributed by atoms with Crippen molar-refractivity contribution in [3.8, 4) is 5.75 Å². The lowest BCUT2D eigenvalue weighted by Gasteiger charge is -2.03. The smallest absolute Gasteiger partial charge is 0.119 e. The van der Waals surface area contributed by atoms with E-state index < -0.39 is 0 Å². The maximum atomic E-state index is 8.80. The molecule has 0 amide bonds. The zero-order valence-electron chi connectivity index (χ0n) is 7.27. The predicted molar refractivity (Wildman–Crippen MR) is 47.6 cm³/mol. The quantitative estimate of drug-likeness (QED) is 0.701. The van der Waals surface area contributed by atoms with Crippen LogP contribution >= 0.6 is 0 Å². The molecule has 1 aromatic carbocycles. The van der Waals surface area contributed by atoms with Crippen LogP contribution in [-0.2, 0) is 11.3 Å². The Morgan fingerprint density at radius 2 is 2.08 bits per heavy atom. The second-order valence-electron chi connectivity index (χ2n) is 3.07. The third-order valence-corrected chi connectivity index (χ3v) is 1.94. The summed E-state index contributed by atoms with van der Waals surface area (Å²) < 4.78 is 10.4. The molecule has 1 fully saturated rings. The summed E-state index contributed by atoms with van der Waals surface area (Å²) in [6.45, 7) is 1.51. The molecule has 1 aromatic rings. The first kappa shape index (κ1) is 8.53. The number of aliphatic hydroxyl groups is 1. The molecule has 0 saturated carbocycles. The molecule has 70 valence electrons. The highest BCUT2D eigenvalue weighted by Gasteiger charge is 2.22. The number of rotatable bonds is 4. The summed E-state index contributed by atoms with van der Waals surface area (Å²) in [6, 6.07) is 7.41. The van der Waals surface area contributed by atoms with E-state index in [-0.39, 0.29) is 12.7 Å². The molecule has 0 aliphatic carbocycles. The molecule has 1 atom stereocenters. The zero-order chi connectivity index (χ0) is 9.10. The number of epoxide rings is 1. The maximum Gasteiger partial charge on any atom is 0.119 e. The van der Waals surface area contributed by atoms with E-state index in [4.69, 9.17) is 14.6 Å². The van der Waals surface area contributed by atoms with Gasteiger partial charge in [0.25, 0.3) is 0 Å². The van der Waals surface area contributed by atoms with Crippen LogP contribution in [0.15, 0.2) is 24.3 Å². The molecule has 1 aliphatic heterocycles. The number of hydrogen-bond donors (Lipinski definition) is 1. The van der Waals surface area contributed by atoms with Gasteiger partial charge in [-0.3, -0.25) is 0 Å². The standard InChI is InChI=1S/C10H12O3/c11-5-8-1-3-9(4-2-8)12-6-10-7-13-10/h1-4,10-11H,5-7H2/t10-/m1/s1. The van der Waals surface area contributed by atoms with Gasteiger partial charge < -0.3 is 14.6 Å². The number of benzene rings is 1. The third kappa shape index (κ3) is 2.44. The van der Waals surface area contributed by atoms with Crippen LogP contribution in [-0.4, -0.2) is 24.4 Å². The Morgan fingerprint density at radius 3 is 2.62 bits per heavy atom. The van der Waals surface area contributed by atoms with E-state index >= 15 is 0 Å². The van der Waals surface area contributed by atoms with Crippen LogP contribution in [0.5, 0.6) is 5.75 Å². The Labute approximate surface area is 76.9 Å². The maximum absolute atomic E-state index is 8.80. The SMILES string of the molecule is OCc1ccc(OC[C@@H]2CO2)cc1. The highest BCUT2D eigenvalue weighted by atomic mass is 16.6. The lowest BCUT2D eigenvalue weighted by Crippen LogP contribution is -2.03. The van der Waals surface area contributed by atoms with Gasteiger partial charge in [0.2, 0.25) is 0 Å². The van der Waals surface area contributed by atoms with Crippen LogP contribution < -0.4 is 4.74 Å². The second kappa shape index (κ2) is 3.77. The van der Waals surface area contributed by atoms with Crippen molar-refractivity contribution in [1.82, 2.24) is 0 Å². The summed E-state index contributed by atoms with van der Waals surface area (Å²) in [4.78, 5) is 0. The van der Waals surface area contributed by atoms with Gasteiger partial charge in [0, 0.05) is 0 Å². The molecule has 0 aromatic heterocycles. The Hall–Kier alpha value is -1.06. The first-order valence-corrected chi connectivity index (χ1v) is 4.32. The van der Waals surface area contributed by atoms with Gasteiger partial charge in [0.1, 0.15) is 18.5 Å². The van der Waals surface area contributed by atoms with Gasteiger partial charge in [-0.15, -0.1) is 0 Å². The van der Waals surface area contributed by atoms with E-state index in [2.05, 4.69) is 0 Å². The van der Waals surface area contributed by atoms with Gasteiger partial charge >= 0.3 is 0 Å². The number of aliphatic hydroxyl groups excluding tert-OH is 1. The van der Waals surface area contributed by atoms with Crippen molar-refractivity contribution in [2.24, 2.45) is 0 Å². The van der Waals surface area contributed by atoms with E-state index in [9.17, 15) is 0 Å². The summed E-state index contributed by atoms with van der Waals surface area (Å²) in [6.07, 6.45) is 0.289. The lowest BCUT2D eigenvalue weighted by atomic mass is 10.2. The molecule has 3 nitrogen and oxygen atoms in total. The minimum Gasteiger partial charge on any atom is -0.491 e. The summed E-state index contributed by atoms with van der Waals surface area (Å²) in [7, 11) is 0. The van der Waals surface area contributed by atoms with Gasteiger partial charge in [-0.2, -0.15) is 0 Å². The van der Waals surface area contributed by atoms with E-state index in [0.29, 0.717) is 6.61 Å². The van der Waals surface area contributed by atoms with Crippen LogP contribution in [0.25, 0.3) is 0 Å². The summed E-state index contributed by atoms with van der Waals surface area (Å²) in [5.74, 6) is 0.827. The number of ether oxygens (including phenoxy) is 2. The van der Waals surface area contributed by atoms with Crippen LogP contribution in [0.3, 0.4) is 0 Å². The second-order valence-corrected chi connectivity index (χ2v) is 3.07. The molecule has 0 bridgehead atoms. The zero-order valence-corrected chi connectivity index (χ0v) is 7.27. The average molecular weight is 180 g/mol. The van der Waals surface area contributed by atoms with Crippen molar-refractivity contribution >= 4 is 0 Å². The van der Waals surface area contributed by atoms with E-state index in [1.165, 1.54) is 0 Å². The fourth-order valence-electron chi connectivity index (χ4n) is 1.04. The molecule has 0 unspecified atom stereocenters. The Balaban J connectivity index is 1.88. The molecular formula is C10H12O3. The molecular weight excluding hydrogens is 168 g/mol. The average Bonchev–Trinajstić information content (AvgIpc) is 2.99. The Bertz CT molecular complexity index is 264.